The lowest BCUT2D eigenvalue weighted by Crippen LogP contribution is -2.05. The van der Waals surface area contributed by atoms with Crippen LogP contribution in [-0.4, -0.2) is 21.5 Å². The third-order valence-corrected chi connectivity index (χ3v) is 4.36. The molecular weight excluding hydrogens is 413 g/mol. The highest BCUT2D eigenvalue weighted by molar-refractivity contribution is 6.31. The number of halogens is 2. The van der Waals surface area contributed by atoms with Crippen molar-refractivity contribution < 1.29 is 14.1 Å². The van der Waals surface area contributed by atoms with Crippen LogP contribution in [0.2, 0.25) is 5.02 Å². The third-order valence-electron chi connectivity index (χ3n) is 4.07. The fraction of sp³-hybridized carbons (Fsp3) is 0.200. The van der Waals surface area contributed by atoms with Gasteiger partial charge in [0.05, 0.1) is 16.6 Å². The van der Waals surface area contributed by atoms with E-state index in [-0.39, 0.29) is 22.3 Å². The molecule has 0 fully saturated rings. The molecule has 3 rings (SSSR count). The Morgan fingerprint density at radius 3 is 2.33 bits per heavy atom. The van der Waals surface area contributed by atoms with Crippen molar-refractivity contribution in [3.63, 3.8) is 0 Å². The number of hydrogen-bond donors (Lipinski definition) is 2. The lowest BCUT2D eigenvalue weighted by Gasteiger charge is -2.11. The number of ether oxygens (including phenoxy) is 1. The van der Waals surface area contributed by atoms with Crippen LogP contribution in [0.4, 0.5) is 33.1 Å². The molecule has 0 aliphatic rings. The summed E-state index contributed by atoms with van der Waals surface area (Å²) >= 11 is 5.77. The van der Waals surface area contributed by atoms with E-state index in [1.807, 2.05) is 0 Å². The Morgan fingerprint density at radius 2 is 1.73 bits per heavy atom. The van der Waals surface area contributed by atoms with Gasteiger partial charge in [0.25, 0.3) is 0 Å². The summed E-state index contributed by atoms with van der Waals surface area (Å²) in [5.74, 6) is 0.0654. The smallest absolute Gasteiger partial charge is 0.353 e. The van der Waals surface area contributed by atoms with Crippen LogP contribution >= 0.6 is 11.6 Å². The predicted octanol–water partition coefficient (Wildman–Crippen LogP) is 5.84. The molecule has 156 valence electrons. The van der Waals surface area contributed by atoms with E-state index in [2.05, 4.69) is 27.5 Å². The summed E-state index contributed by atoms with van der Waals surface area (Å²) < 4.78 is 19.0. The van der Waals surface area contributed by atoms with Crippen LogP contribution in [0.15, 0.2) is 48.8 Å². The van der Waals surface area contributed by atoms with Crippen LogP contribution in [-0.2, 0) is 0 Å². The second kappa shape index (κ2) is 9.84. The van der Waals surface area contributed by atoms with Gasteiger partial charge in [-0.1, -0.05) is 24.9 Å². The summed E-state index contributed by atoms with van der Waals surface area (Å²) in [6.07, 6.45) is 3.19. The van der Waals surface area contributed by atoms with Crippen molar-refractivity contribution in [1.29, 1.82) is 0 Å². The van der Waals surface area contributed by atoms with Crippen molar-refractivity contribution >= 4 is 40.3 Å². The summed E-state index contributed by atoms with van der Waals surface area (Å²) in [6.45, 7) is 2.71. The minimum Gasteiger partial charge on any atom is -0.494 e. The zero-order valence-electron chi connectivity index (χ0n) is 16.1. The topological polar surface area (TPSA) is 102 Å². The van der Waals surface area contributed by atoms with E-state index < -0.39 is 10.7 Å². The minimum absolute atomic E-state index is 0.00496. The Morgan fingerprint density at radius 1 is 1.10 bits per heavy atom. The molecule has 0 aliphatic carbocycles. The molecule has 0 radical (unpaired) electrons. The monoisotopic (exact) mass is 431 g/mol. The van der Waals surface area contributed by atoms with Crippen LogP contribution in [0.1, 0.15) is 19.8 Å². The van der Waals surface area contributed by atoms with Crippen LogP contribution in [0.25, 0.3) is 0 Å². The first-order valence-corrected chi connectivity index (χ1v) is 9.57. The van der Waals surface area contributed by atoms with E-state index in [4.69, 9.17) is 16.3 Å². The van der Waals surface area contributed by atoms with Crippen molar-refractivity contribution in [3.05, 3.63) is 69.7 Å². The van der Waals surface area contributed by atoms with E-state index in [0.717, 1.165) is 18.9 Å². The first kappa shape index (κ1) is 21.3. The van der Waals surface area contributed by atoms with Crippen molar-refractivity contribution in [2.75, 3.05) is 17.2 Å². The van der Waals surface area contributed by atoms with E-state index in [1.165, 1.54) is 18.5 Å². The number of nitrogens with zero attached hydrogens (tertiary/aromatic N) is 3. The summed E-state index contributed by atoms with van der Waals surface area (Å²) in [4.78, 5) is 19.0. The lowest BCUT2D eigenvalue weighted by molar-refractivity contribution is -0.383. The summed E-state index contributed by atoms with van der Waals surface area (Å²) in [7, 11) is 0. The minimum atomic E-state index is -0.599. The number of nitrogens with one attached hydrogen (secondary N) is 2. The van der Waals surface area contributed by atoms with Crippen molar-refractivity contribution in [3.8, 4) is 5.75 Å². The Labute approximate surface area is 177 Å². The molecule has 0 spiro atoms. The first-order chi connectivity index (χ1) is 14.5. The summed E-state index contributed by atoms with van der Waals surface area (Å²) in [6, 6.07) is 10.9. The van der Waals surface area contributed by atoms with Gasteiger partial charge in [-0.25, -0.2) is 14.4 Å². The summed E-state index contributed by atoms with van der Waals surface area (Å²) in [5, 5.41) is 17.3. The maximum absolute atomic E-state index is 13.4. The molecule has 3 aromatic rings. The molecule has 2 aromatic carbocycles. The van der Waals surface area contributed by atoms with Crippen molar-refractivity contribution in [2.45, 2.75) is 19.8 Å². The van der Waals surface area contributed by atoms with Gasteiger partial charge in [-0.3, -0.25) is 10.1 Å². The van der Waals surface area contributed by atoms with Crippen molar-refractivity contribution in [1.82, 2.24) is 9.97 Å². The van der Waals surface area contributed by atoms with Gasteiger partial charge in [0, 0.05) is 11.4 Å². The quantitative estimate of drug-likeness (QED) is 0.249. The molecule has 10 heteroatoms. The number of unbranched alkanes of at least 4 members (excludes halogenated alkanes) is 1. The van der Waals surface area contributed by atoms with Gasteiger partial charge in [-0.2, -0.15) is 0 Å². The molecule has 30 heavy (non-hydrogen) atoms. The van der Waals surface area contributed by atoms with Gasteiger partial charge in [0.1, 0.15) is 17.9 Å². The van der Waals surface area contributed by atoms with Crippen LogP contribution in [0.3, 0.4) is 0 Å². The number of hydrogen-bond acceptors (Lipinski definition) is 7. The maximum Gasteiger partial charge on any atom is 0.353 e. The van der Waals surface area contributed by atoms with E-state index in [9.17, 15) is 14.5 Å². The average molecular weight is 432 g/mol. The highest BCUT2D eigenvalue weighted by atomic mass is 35.5. The summed E-state index contributed by atoms with van der Waals surface area (Å²) in [5.41, 5.74) is 0.583. The Bertz CT molecular complexity index is 1030. The highest BCUT2D eigenvalue weighted by Gasteiger charge is 2.23. The normalized spacial score (nSPS) is 10.5. The standard InChI is InChI=1S/C20H19ClFN5O3/c1-2-3-10-30-15-7-4-13(5-8-15)25-19-18(27(28)29)20(24-12-23-19)26-14-6-9-17(22)16(21)11-14/h4-9,11-12H,2-3,10H2,1H3,(H2,23,24,25,26). The second-order valence-corrected chi connectivity index (χ2v) is 6.69. The fourth-order valence-corrected chi connectivity index (χ4v) is 2.73. The molecule has 0 saturated carbocycles. The molecule has 2 N–H and O–H groups in total. The Hall–Kier alpha value is -3.46. The van der Waals surface area contributed by atoms with E-state index in [1.54, 1.807) is 24.3 Å². The van der Waals surface area contributed by atoms with Gasteiger partial charge in [-0.15, -0.1) is 0 Å². The molecule has 1 aromatic heterocycles. The first-order valence-electron chi connectivity index (χ1n) is 9.19. The molecule has 0 bridgehead atoms. The van der Waals surface area contributed by atoms with Gasteiger partial charge in [0.15, 0.2) is 0 Å². The molecule has 8 nitrogen and oxygen atoms in total. The maximum atomic E-state index is 13.4. The molecule has 0 unspecified atom stereocenters. The van der Waals surface area contributed by atoms with Crippen LogP contribution in [0, 0.1) is 15.9 Å². The number of anilines is 4. The Kier molecular flexibility index (Phi) is 6.97. The molecular formula is C20H19ClFN5O3. The highest BCUT2D eigenvalue weighted by Crippen LogP contribution is 2.34. The van der Waals surface area contributed by atoms with Crippen LogP contribution < -0.4 is 15.4 Å². The number of rotatable bonds is 9. The largest absolute Gasteiger partial charge is 0.494 e. The molecule has 0 amide bonds. The van der Waals surface area contributed by atoms with E-state index in [0.29, 0.717) is 23.7 Å². The molecule has 1 heterocycles. The zero-order chi connectivity index (χ0) is 21.5. The average Bonchev–Trinajstić information content (AvgIpc) is 2.72. The van der Waals surface area contributed by atoms with Crippen LogP contribution in [0.5, 0.6) is 5.75 Å². The molecule has 0 atom stereocenters. The molecule has 0 aliphatic heterocycles. The van der Waals surface area contributed by atoms with Crippen molar-refractivity contribution in [2.24, 2.45) is 0 Å². The predicted molar refractivity (Wildman–Crippen MR) is 114 cm³/mol. The lowest BCUT2D eigenvalue weighted by atomic mass is 10.3. The van der Waals surface area contributed by atoms with E-state index >= 15 is 0 Å². The van der Waals surface area contributed by atoms with Gasteiger partial charge in [-0.05, 0) is 48.9 Å². The number of nitro groups is 1. The second-order valence-electron chi connectivity index (χ2n) is 6.28. The van der Waals surface area contributed by atoms with Gasteiger partial charge >= 0.3 is 5.69 Å². The van der Waals surface area contributed by atoms with Gasteiger partial charge in [0.2, 0.25) is 11.6 Å². The molecule has 0 saturated heterocycles. The SMILES string of the molecule is CCCCOc1ccc(Nc2ncnc(Nc3ccc(F)c(Cl)c3)c2[N+](=O)[O-])cc1. The zero-order valence-corrected chi connectivity index (χ0v) is 16.8. The third kappa shape index (κ3) is 5.32. The van der Waals surface area contributed by atoms with Gasteiger partial charge < -0.3 is 15.4 Å². The number of benzene rings is 2. The Balaban J connectivity index is 1.82. The fourth-order valence-electron chi connectivity index (χ4n) is 2.55. The number of aromatic nitrogens is 2.